The van der Waals surface area contributed by atoms with Crippen LogP contribution in [0.2, 0.25) is 5.15 Å². The third kappa shape index (κ3) is 7.89. The van der Waals surface area contributed by atoms with E-state index >= 15 is 0 Å². The minimum Gasteiger partial charge on any atom is -0.333 e. The third-order valence-corrected chi connectivity index (χ3v) is 10.9. The second-order valence-electron chi connectivity index (χ2n) is 12.3. The molecule has 0 saturated carbocycles. The highest BCUT2D eigenvalue weighted by Gasteiger charge is 2.35. The lowest BCUT2D eigenvalue weighted by Gasteiger charge is -2.30. The highest BCUT2D eigenvalue weighted by Crippen LogP contribution is 2.40. The number of benzene rings is 3. The first-order valence-corrected chi connectivity index (χ1v) is 20.7. The first-order valence-electron chi connectivity index (χ1n) is 16.9. The van der Waals surface area contributed by atoms with E-state index in [1.54, 1.807) is 36.1 Å². The van der Waals surface area contributed by atoms with Gasteiger partial charge in [-0.3, -0.25) is 4.79 Å². The minimum atomic E-state index is -0.891. The highest BCUT2D eigenvalue weighted by atomic mass is 35.5. The monoisotopic (exact) mass is 865 g/mol. The van der Waals surface area contributed by atoms with Crippen LogP contribution in [-0.4, -0.2) is 50.4 Å². The Balaban J connectivity index is 0.000000199. The molecule has 20 heteroatoms. The van der Waals surface area contributed by atoms with Gasteiger partial charge in [0, 0.05) is 22.2 Å². The number of rotatable bonds is 7. The van der Waals surface area contributed by atoms with Crippen molar-refractivity contribution in [3.8, 4) is 11.3 Å². The molecule has 58 heavy (non-hydrogen) atoms. The van der Waals surface area contributed by atoms with E-state index in [9.17, 15) is 31.9 Å². The van der Waals surface area contributed by atoms with E-state index in [-0.39, 0.29) is 35.8 Å². The Morgan fingerprint density at radius 3 is 1.84 bits per heavy atom. The number of anilines is 5. The average Bonchev–Trinajstić information content (AvgIpc) is 3.75. The van der Waals surface area contributed by atoms with Gasteiger partial charge in [-0.05, 0) is 72.8 Å². The second-order valence-corrected chi connectivity index (χ2v) is 15.0. The molecule has 0 atom stereocenters. The van der Waals surface area contributed by atoms with Crippen molar-refractivity contribution >= 4 is 93.1 Å². The SMILES string of the molecule is CSc1nc(-c2cc(NC(=O)c3ccsc3)ccc2C)c2c(n1)N(c1c(F)cccc1F)C(=O)NC2.CSc1nc(Cl)c2c(n1)N(c1c(F)cccc1F)C(=O)NC2. The predicted octanol–water partition coefficient (Wildman–Crippen LogP) is 9.62. The molecular weight excluding hydrogens is 838 g/mol. The van der Waals surface area contributed by atoms with Crippen LogP contribution in [0, 0.1) is 30.2 Å². The predicted molar refractivity (Wildman–Crippen MR) is 217 cm³/mol. The van der Waals surface area contributed by atoms with Crippen LogP contribution in [-0.2, 0) is 13.1 Å². The van der Waals surface area contributed by atoms with E-state index in [0.717, 1.165) is 39.6 Å². The van der Waals surface area contributed by atoms with Crippen molar-refractivity contribution in [1.29, 1.82) is 0 Å². The maximum Gasteiger partial charge on any atom is 0.328 e. The zero-order valence-electron chi connectivity index (χ0n) is 30.4. The molecule has 0 radical (unpaired) electrons. The summed E-state index contributed by atoms with van der Waals surface area (Å²) in [7, 11) is 0. The number of fused-ring (bicyclic) bond motifs is 2. The Labute approximate surface area is 345 Å². The Kier molecular flexibility index (Phi) is 11.8. The number of urea groups is 2. The topological polar surface area (TPSA) is 145 Å². The standard InChI is InChI=1S/C25H19F2N5O2S2.C13H9ClF2N4OS/c1-13-6-7-15(29-23(33)14-8-9-36-12-14)10-16(13)20-17-11-28-25(34)32(22(17)31-24(30-20)35-2)21-18(26)4-3-5-19(21)27;1-22-12-18-10(14)6-5-17-13(21)20(11(6)19-12)9-7(15)3-2-4-8(9)16/h3-10,12H,11H2,1-2H3,(H,28,34)(H,29,33);2-4H,5H2,1H3,(H,17,21). The van der Waals surface area contributed by atoms with Gasteiger partial charge in [-0.1, -0.05) is 53.3 Å². The van der Waals surface area contributed by atoms with Crippen LogP contribution in [0.25, 0.3) is 11.3 Å². The van der Waals surface area contributed by atoms with Crippen molar-refractivity contribution in [3.63, 3.8) is 0 Å². The van der Waals surface area contributed by atoms with Gasteiger partial charge in [-0.2, -0.15) is 11.3 Å². The molecular formula is C38H28ClF4N9O3S3. The number of hydrogen-bond donors (Lipinski definition) is 3. The van der Waals surface area contributed by atoms with Crippen LogP contribution in [0.5, 0.6) is 0 Å². The summed E-state index contributed by atoms with van der Waals surface area (Å²) in [6.07, 6.45) is 3.50. The molecule has 3 N–H and O–H groups in total. The van der Waals surface area contributed by atoms with Crippen molar-refractivity contribution in [2.75, 3.05) is 27.6 Å². The first-order chi connectivity index (χ1) is 27.9. The maximum atomic E-state index is 14.7. The Hall–Kier alpha value is -5.76. The minimum absolute atomic E-state index is 0.0651. The summed E-state index contributed by atoms with van der Waals surface area (Å²) in [5, 5.41) is 12.4. The van der Waals surface area contributed by atoms with Crippen LogP contribution >= 0.6 is 46.5 Å². The molecule has 12 nitrogen and oxygen atoms in total. The van der Waals surface area contributed by atoms with Gasteiger partial charge < -0.3 is 16.0 Å². The van der Waals surface area contributed by atoms with Crippen molar-refractivity contribution in [1.82, 2.24) is 30.6 Å². The smallest absolute Gasteiger partial charge is 0.328 e. The lowest BCUT2D eigenvalue weighted by molar-refractivity contribution is 0.102. The summed E-state index contributed by atoms with van der Waals surface area (Å²) < 4.78 is 57.5. The number of carbonyl (C=O) groups is 3. The van der Waals surface area contributed by atoms with E-state index in [1.165, 1.54) is 47.0 Å². The molecule has 5 heterocycles. The zero-order valence-corrected chi connectivity index (χ0v) is 33.6. The summed E-state index contributed by atoms with van der Waals surface area (Å²) in [5.41, 5.74) is 3.05. The van der Waals surface area contributed by atoms with Gasteiger partial charge in [0.25, 0.3) is 5.91 Å². The number of aromatic nitrogens is 4. The van der Waals surface area contributed by atoms with Crippen molar-refractivity contribution < 1.29 is 31.9 Å². The number of nitrogens with one attached hydrogen (secondary N) is 3. The highest BCUT2D eigenvalue weighted by molar-refractivity contribution is 7.98. The van der Waals surface area contributed by atoms with Crippen LogP contribution in [0.1, 0.15) is 27.0 Å². The fraction of sp³-hybridized carbons (Fsp3) is 0.132. The number of nitrogens with zero attached hydrogens (tertiary/aromatic N) is 6. The quantitative estimate of drug-likeness (QED) is 0.0618. The fourth-order valence-corrected chi connectivity index (χ4v) is 7.66. The Morgan fingerprint density at radius 2 is 1.31 bits per heavy atom. The maximum absolute atomic E-state index is 14.7. The van der Waals surface area contributed by atoms with Gasteiger partial charge >= 0.3 is 12.1 Å². The third-order valence-electron chi connectivity index (χ3n) is 8.76. The Morgan fingerprint density at radius 1 is 0.776 bits per heavy atom. The van der Waals surface area contributed by atoms with Crippen molar-refractivity contribution in [2.24, 2.45) is 0 Å². The van der Waals surface area contributed by atoms with E-state index in [2.05, 4.69) is 35.9 Å². The van der Waals surface area contributed by atoms with Gasteiger partial charge in [0.05, 0.1) is 29.9 Å². The largest absolute Gasteiger partial charge is 0.333 e. The van der Waals surface area contributed by atoms with Crippen LogP contribution in [0.4, 0.5) is 55.8 Å². The van der Waals surface area contributed by atoms with Crippen LogP contribution < -0.4 is 25.8 Å². The summed E-state index contributed by atoms with van der Waals surface area (Å²) in [4.78, 5) is 56.7. The molecule has 6 aromatic rings. The number of aryl methyl sites for hydroxylation is 1. The van der Waals surface area contributed by atoms with Crippen molar-refractivity contribution in [3.05, 3.63) is 122 Å². The van der Waals surface area contributed by atoms with Crippen LogP contribution in [0.15, 0.2) is 81.7 Å². The molecule has 2 aliphatic heterocycles. The molecule has 0 aliphatic carbocycles. The summed E-state index contributed by atoms with van der Waals surface area (Å²) >= 11 is 9.95. The summed E-state index contributed by atoms with van der Waals surface area (Å²) in [6.45, 7) is 2.05. The zero-order chi connectivity index (χ0) is 41.2. The van der Waals surface area contributed by atoms with Crippen molar-refractivity contribution in [2.45, 2.75) is 30.3 Å². The number of thiophene rings is 1. The van der Waals surface area contributed by atoms with E-state index < -0.39 is 46.7 Å². The first kappa shape index (κ1) is 40.4. The molecule has 0 bridgehead atoms. The normalized spacial score (nSPS) is 13.2. The summed E-state index contributed by atoms with van der Waals surface area (Å²) in [6, 6.07) is 12.5. The fourth-order valence-electron chi connectivity index (χ4n) is 6.02. The molecule has 0 saturated heterocycles. The summed E-state index contributed by atoms with van der Waals surface area (Å²) in [5.74, 6) is -3.58. The molecule has 2 aliphatic rings. The molecule has 3 aromatic heterocycles. The van der Waals surface area contributed by atoms with Gasteiger partial charge in [0.1, 0.15) is 39.8 Å². The number of para-hydroxylation sites is 2. The molecule has 0 spiro atoms. The number of carbonyl (C=O) groups excluding carboxylic acids is 3. The molecule has 3 aromatic carbocycles. The molecule has 0 unspecified atom stereocenters. The van der Waals surface area contributed by atoms with Crippen LogP contribution in [0.3, 0.4) is 0 Å². The lowest BCUT2D eigenvalue weighted by Crippen LogP contribution is -2.43. The molecule has 0 fully saturated rings. The van der Waals surface area contributed by atoms with E-state index in [4.69, 9.17) is 11.6 Å². The van der Waals surface area contributed by atoms with Gasteiger partial charge in [0.2, 0.25) is 0 Å². The Bertz CT molecular complexity index is 2560. The lowest BCUT2D eigenvalue weighted by atomic mass is 9.99. The molecule has 296 valence electrons. The van der Waals surface area contributed by atoms with Gasteiger partial charge in [0.15, 0.2) is 21.9 Å². The average molecular weight is 866 g/mol. The van der Waals surface area contributed by atoms with Gasteiger partial charge in [-0.15, -0.1) is 0 Å². The van der Waals surface area contributed by atoms with E-state index in [0.29, 0.717) is 43.9 Å². The second kappa shape index (κ2) is 17.0. The van der Waals surface area contributed by atoms with E-state index in [1.807, 2.05) is 18.4 Å². The number of hydrogen-bond acceptors (Lipinski definition) is 10. The van der Waals surface area contributed by atoms with Gasteiger partial charge in [-0.25, -0.2) is 56.9 Å². The number of thioether (sulfide) groups is 2. The molecule has 5 amide bonds. The number of amides is 5. The molecule has 8 rings (SSSR count). The number of halogens is 5.